The summed E-state index contributed by atoms with van der Waals surface area (Å²) in [5.74, 6) is -0.780. The largest absolute Gasteiger partial charge is 0.458 e. The number of fused-ring (bicyclic) bond motifs is 1. The fourth-order valence-electron chi connectivity index (χ4n) is 4.27. The number of hydrogen-bond donors (Lipinski definition) is 2. The van der Waals surface area contributed by atoms with Crippen molar-refractivity contribution in [3.8, 4) is 0 Å². The van der Waals surface area contributed by atoms with Gasteiger partial charge in [-0.05, 0) is 64.6 Å². The molecule has 0 saturated heterocycles. The van der Waals surface area contributed by atoms with Gasteiger partial charge in [-0.3, -0.25) is 4.79 Å². The number of hydrogen-bond acceptors (Lipinski definition) is 4. The van der Waals surface area contributed by atoms with Crippen molar-refractivity contribution in [3.63, 3.8) is 0 Å². The van der Waals surface area contributed by atoms with Crippen molar-refractivity contribution in [1.29, 1.82) is 0 Å². The van der Waals surface area contributed by atoms with E-state index in [2.05, 4.69) is 51.7 Å². The van der Waals surface area contributed by atoms with Crippen LogP contribution >= 0.6 is 0 Å². The number of carbonyl (C=O) groups excluding carboxylic acids is 2. The van der Waals surface area contributed by atoms with E-state index < -0.39 is 12.0 Å². The third-order valence-corrected chi connectivity index (χ3v) is 6.48. The Morgan fingerprint density at radius 1 is 1.03 bits per heavy atom. The fourth-order valence-corrected chi connectivity index (χ4v) is 4.27. The van der Waals surface area contributed by atoms with Crippen molar-refractivity contribution < 1.29 is 19.4 Å². The predicted octanol–water partition coefficient (Wildman–Crippen LogP) is 4.84. The molecule has 2 aromatic carbocycles. The first-order valence-corrected chi connectivity index (χ1v) is 11.0. The lowest BCUT2D eigenvalue weighted by Gasteiger charge is -2.42. The molecule has 1 aliphatic carbocycles. The van der Waals surface area contributed by atoms with Crippen LogP contribution in [0.5, 0.6) is 0 Å². The summed E-state index contributed by atoms with van der Waals surface area (Å²) in [7, 11) is 0. The molecule has 1 unspecified atom stereocenters. The lowest BCUT2D eigenvalue weighted by Crippen LogP contribution is -2.35. The predicted molar refractivity (Wildman–Crippen MR) is 126 cm³/mol. The van der Waals surface area contributed by atoms with Crippen molar-refractivity contribution in [2.75, 3.05) is 13.2 Å². The average molecular weight is 436 g/mol. The molecule has 0 saturated carbocycles. The Hall–Kier alpha value is -2.92. The van der Waals surface area contributed by atoms with Crippen LogP contribution in [0.1, 0.15) is 84.0 Å². The smallest absolute Gasteiger partial charge is 0.338 e. The summed E-state index contributed by atoms with van der Waals surface area (Å²) in [6.45, 7) is 12.5. The van der Waals surface area contributed by atoms with Gasteiger partial charge < -0.3 is 15.2 Å². The Morgan fingerprint density at radius 3 is 2.22 bits per heavy atom. The highest BCUT2D eigenvalue weighted by Gasteiger charge is 2.37. The van der Waals surface area contributed by atoms with E-state index in [9.17, 15) is 14.7 Å². The number of benzene rings is 2. The van der Waals surface area contributed by atoms with Crippen molar-refractivity contribution in [1.82, 2.24) is 5.32 Å². The van der Waals surface area contributed by atoms with Gasteiger partial charge in [0.2, 0.25) is 0 Å². The highest BCUT2D eigenvalue weighted by Crippen LogP contribution is 2.46. The number of aliphatic hydroxyl groups excluding tert-OH is 1. The molecule has 1 aliphatic rings. The molecule has 0 spiro atoms. The van der Waals surface area contributed by atoms with Gasteiger partial charge in [0.25, 0.3) is 5.91 Å². The van der Waals surface area contributed by atoms with Gasteiger partial charge >= 0.3 is 5.97 Å². The molecule has 0 aliphatic heterocycles. The first kappa shape index (κ1) is 23.7. The van der Waals surface area contributed by atoms with Gasteiger partial charge in [0, 0.05) is 5.56 Å². The molecule has 1 atom stereocenters. The zero-order valence-electron chi connectivity index (χ0n) is 19.4. The maximum atomic E-state index is 12.8. The van der Waals surface area contributed by atoms with E-state index >= 15 is 0 Å². The second-order valence-corrected chi connectivity index (χ2v) is 9.75. The van der Waals surface area contributed by atoms with E-state index in [-0.39, 0.29) is 30.0 Å². The first-order valence-electron chi connectivity index (χ1n) is 11.0. The minimum atomic E-state index is -0.522. The molecule has 5 nitrogen and oxygen atoms in total. The number of aliphatic hydroxyl groups is 1. The summed E-state index contributed by atoms with van der Waals surface area (Å²) in [6.07, 6.45) is 3.72. The van der Waals surface area contributed by atoms with E-state index in [4.69, 9.17) is 4.74 Å². The summed E-state index contributed by atoms with van der Waals surface area (Å²) in [6, 6.07) is 12.0. The van der Waals surface area contributed by atoms with Crippen LogP contribution < -0.4 is 5.32 Å². The lowest BCUT2D eigenvalue weighted by molar-refractivity contribution is 0.0549. The molecule has 1 amide bonds. The highest BCUT2D eigenvalue weighted by molar-refractivity contribution is 5.96. The molecule has 0 heterocycles. The molecule has 5 heteroatoms. The second-order valence-electron chi connectivity index (χ2n) is 9.75. The van der Waals surface area contributed by atoms with Crippen molar-refractivity contribution in [2.45, 2.75) is 57.4 Å². The summed E-state index contributed by atoms with van der Waals surface area (Å²) in [5.41, 5.74) is 4.41. The zero-order valence-corrected chi connectivity index (χ0v) is 19.4. The SMILES string of the molecule is C=CCOC(=O)c1ccc(C(=O)NC(CO)c2ccc3c(c2)C(C)(C)CCC3(C)C)cc1. The van der Waals surface area contributed by atoms with Crippen LogP contribution in [0.3, 0.4) is 0 Å². The minimum Gasteiger partial charge on any atom is -0.458 e. The normalized spacial score (nSPS) is 17.0. The fraction of sp³-hybridized carbons (Fsp3) is 0.407. The minimum absolute atomic E-state index is 0.0426. The standard InChI is InChI=1S/C27H33NO4/c1-6-15-32-25(31)19-9-7-18(8-10-19)24(30)28-23(17-29)20-11-12-21-22(16-20)27(4,5)14-13-26(21,2)3/h6-12,16,23,29H,1,13-15,17H2,2-5H3,(H,28,30). The average Bonchev–Trinajstić information content (AvgIpc) is 2.78. The maximum absolute atomic E-state index is 12.8. The van der Waals surface area contributed by atoms with Crippen molar-refractivity contribution in [2.24, 2.45) is 0 Å². The second kappa shape index (κ2) is 9.29. The van der Waals surface area contributed by atoms with Crippen LogP contribution in [-0.2, 0) is 15.6 Å². The highest BCUT2D eigenvalue weighted by atomic mass is 16.5. The third kappa shape index (κ3) is 4.94. The van der Waals surface area contributed by atoms with E-state index in [1.807, 2.05) is 6.07 Å². The number of ether oxygens (including phenoxy) is 1. The monoisotopic (exact) mass is 435 g/mol. The molecule has 0 bridgehead atoms. The molecular weight excluding hydrogens is 402 g/mol. The number of rotatable bonds is 7. The van der Waals surface area contributed by atoms with Gasteiger partial charge in [-0.1, -0.05) is 58.5 Å². The third-order valence-electron chi connectivity index (χ3n) is 6.48. The van der Waals surface area contributed by atoms with Gasteiger partial charge in [0.05, 0.1) is 18.2 Å². The van der Waals surface area contributed by atoms with Gasteiger partial charge in [-0.2, -0.15) is 0 Å². The molecule has 0 aromatic heterocycles. The Kier molecular flexibility index (Phi) is 6.89. The molecule has 2 aromatic rings. The Balaban J connectivity index is 1.79. The topological polar surface area (TPSA) is 75.6 Å². The lowest BCUT2D eigenvalue weighted by atomic mass is 9.63. The van der Waals surface area contributed by atoms with Gasteiger partial charge in [-0.15, -0.1) is 0 Å². The van der Waals surface area contributed by atoms with Gasteiger partial charge in [-0.25, -0.2) is 4.79 Å². The molecule has 32 heavy (non-hydrogen) atoms. The van der Waals surface area contributed by atoms with Crippen LogP contribution in [0.2, 0.25) is 0 Å². The van der Waals surface area contributed by atoms with Gasteiger partial charge in [0.15, 0.2) is 0 Å². The number of nitrogens with one attached hydrogen (secondary N) is 1. The Bertz CT molecular complexity index is 1000. The molecule has 0 fully saturated rings. The molecule has 3 rings (SSSR count). The van der Waals surface area contributed by atoms with Crippen LogP contribution in [0.15, 0.2) is 55.1 Å². The van der Waals surface area contributed by atoms with Crippen LogP contribution in [0.4, 0.5) is 0 Å². The quantitative estimate of drug-likeness (QED) is 0.482. The van der Waals surface area contributed by atoms with Gasteiger partial charge in [0.1, 0.15) is 6.61 Å². The molecule has 170 valence electrons. The molecule has 2 N–H and O–H groups in total. The van der Waals surface area contributed by atoms with Crippen LogP contribution in [-0.4, -0.2) is 30.2 Å². The Labute approximate surface area is 190 Å². The van der Waals surface area contributed by atoms with Crippen LogP contribution in [0.25, 0.3) is 0 Å². The molecule has 0 radical (unpaired) electrons. The summed E-state index contributed by atoms with van der Waals surface area (Å²) in [4.78, 5) is 24.7. The number of esters is 1. The van der Waals surface area contributed by atoms with Crippen molar-refractivity contribution in [3.05, 3.63) is 82.9 Å². The summed E-state index contributed by atoms with van der Waals surface area (Å²) >= 11 is 0. The maximum Gasteiger partial charge on any atom is 0.338 e. The number of amides is 1. The van der Waals surface area contributed by atoms with E-state index in [0.29, 0.717) is 11.1 Å². The molecular formula is C27H33NO4. The summed E-state index contributed by atoms with van der Waals surface area (Å²) in [5, 5.41) is 12.9. The zero-order chi connectivity index (χ0) is 23.5. The van der Waals surface area contributed by atoms with E-state index in [1.165, 1.54) is 17.2 Å². The van der Waals surface area contributed by atoms with E-state index in [1.54, 1.807) is 24.3 Å². The first-order chi connectivity index (χ1) is 15.1. The number of carbonyl (C=O) groups is 2. The van der Waals surface area contributed by atoms with Crippen LogP contribution in [0, 0.1) is 0 Å². The summed E-state index contributed by atoms with van der Waals surface area (Å²) < 4.78 is 5.00. The van der Waals surface area contributed by atoms with Crippen molar-refractivity contribution >= 4 is 11.9 Å². The van der Waals surface area contributed by atoms with E-state index in [0.717, 1.165) is 18.4 Å². The Morgan fingerprint density at radius 2 is 1.62 bits per heavy atom.